The van der Waals surface area contributed by atoms with E-state index in [9.17, 15) is 0 Å². The van der Waals surface area contributed by atoms with Gasteiger partial charge >= 0.3 is 0 Å². The topological polar surface area (TPSA) is 15.3 Å². The van der Waals surface area contributed by atoms with E-state index in [0.29, 0.717) is 0 Å². The Kier molecular flexibility index (Phi) is 4.67. The van der Waals surface area contributed by atoms with Crippen LogP contribution in [0.3, 0.4) is 0 Å². The van der Waals surface area contributed by atoms with Crippen molar-refractivity contribution in [3.8, 4) is 0 Å². The van der Waals surface area contributed by atoms with E-state index < -0.39 is 0 Å². The number of anilines is 1. The van der Waals surface area contributed by atoms with E-state index >= 15 is 0 Å². The summed E-state index contributed by atoms with van der Waals surface area (Å²) in [5.74, 6) is 0. The van der Waals surface area contributed by atoms with Gasteiger partial charge in [-0.05, 0) is 31.0 Å². The van der Waals surface area contributed by atoms with Gasteiger partial charge in [0.05, 0.1) is 0 Å². The first-order chi connectivity index (χ1) is 9.42. The fraction of sp³-hybridized carbons (Fsp3) is 0.625. The van der Waals surface area contributed by atoms with Crippen molar-refractivity contribution in [1.29, 1.82) is 0 Å². The molecule has 2 fully saturated rings. The molecule has 1 aromatic carbocycles. The fourth-order valence-electron chi connectivity index (χ4n) is 3.05. The van der Waals surface area contributed by atoms with Crippen LogP contribution in [0.25, 0.3) is 0 Å². The first-order valence-corrected chi connectivity index (χ1v) is 8.52. The molecule has 1 aromatic rings. The van der Waals surface area contributed by atoms with Gasteiger partial charge < -0.3 is 10.2 Å². The minimum Gasteiger partial charge on any atom is -0.369 e. The van der Waals surface area contributed by atoms with E-state index in [-0.39, 0.29) is 0 Å². The summed E-state index contributed by atoms with van der Waals surface area (Å²) in [6.07, 6.45) is 7.10. The SMILES string of the molecule is c1cc(SC2CCCCC2)cc(N2CCNCC2)c1. The largest absolute Gasteiger partial charge is 0.369 e. The lowest BCUT2D eigenvalue weighted by Crippen LogP contribution is -2.43. The second-order valence-electron chi connectivity index (χ2n) is 5.61. The minimum atomic E-state index is 0.854. The van der Waals surface area contributed by atoms with Crippen molar-refractivity contribution >= 4 is 17.4 Å². The molecule has 0 radical (unpaired) electrons. The van der Waals surface area contributed by atoms with Gasteiger partial charge in [-0.3, -0.25) is 0 Å². The summed E-state index contributed by atoms with van der Waals surface area (Å²) in [5.41, 5.74) is 1.40. The van der Waals surface area contributed by atoms with Crippen LogP contribution in [0.2, 0.25) is 0 Å². The van der Waals surface area contributed by atoms with Crippen molar-refractivity contribution in [3.63, 3.8) is 0 Å². The molecule has 0 atom stereocenters. The third-order valence-corrected chi connectivity index (χ3v) is 5.49. The Bertz CT molecular complexity index is 395. The molecule has 3 heteroatoms. The molecule has 1 heterocycles. The van der Waals surface area contributed by atoms with Crippen LogP contribution in [0, 0.1) is 0 Å². The first kappa shape index (κ1) is 13.3. The van der Waals surface area contributed by atoms with E-state index in [1.165, 1.54) is 42.7 Å². The van der Waals surface area contributed by atoms with Crippen LogP contribution in [-0.4, -0.2) is 31.4 Å². The van der Waals surface area contributed by atoms with Gasteiger partial charge in [0.15, 0.2) is 0 Å². The summed E-state index contributed by atoms with van der Waals surface area (Å²) in [5, 5.41) is 4.27. The Morgan fingerprint density at radius 2 is 1.84 bits per heavy atom. The third-order valence-electron chi connectivity index (χ3n) is 4.15. The molecule has 1 aliphatic heterocycles. The van der Waals surface area contributed by atoms with Gasteiger partial charge in [0.2, 0.25) is 0 Å². The molecule has 1 N–H and O–H groups in total. The second kappa shape index (κ2) is 6.67. The van der Waals surface area contributed by atoms with Gasteiger partial charge in [0, 0.05) is 42.0 Å². The highest BCUT2D eigenvalue weighted by Crippen LogP contribution is 2.34. The summed E-state index contributed by atoms with van der Waals surface area (Å²) >= 11 is 2.10. The monoisotopic (exact) mass is 276 g/mol. The molecule has 0 amide bonds. The lowest BCUT2D eigenvalue weighted by Gasteiger charge is -2.30. The molecule has 1 aliphatic carbocycles. The minimum absolute atomic E-state index is 0.854. The molecular weight excluding hydrogens is 252 g/mol. The smallest absolute Gasteiger partial charge is 0.0378 e. The summed E-state index contributed by atoms with van der Waals surface area (Å²) < 4.78 is 0. The number of piperazine rings is 1. The van der Waals surface area contributed by atoms with E-state index in [1.54, 1.807) is 0 Å². The molecule has 104 valence electrons. The maximum atomic E-state index is 3.42. The molecule has 2 aliphatic rings. The van der Waals surface area contributed by atoms with E-state index in [0.717, 1.165) is 31.4 Å². The highest BCUT2D eigenvalue weighted by Gasteiger charge is 2.16. The van der Waals surface area contributed by atoms with Crippen LogP contribution >= 0.6 is 11.8 Å². The molecule has 19 heavy (non-hydrogen) atoms. The van der Waals surface area contributed by atoms with Gasteiger partial charge in [-0.15, -0.1) is 11.8 Å². The highest BCUT2D eigenvalue weighted by atomic mass is 32.2. The zero-order chi connectivity index (χ0) is 12.9. The van der Waals surface area contributed by atoms with Gasteiger partial charge in [-0.25, -0.2) is 0 Å². The fourth-order valence-corrected chi connectivity index (χ4v) is 4.35. The van der Waals surface area contributed by atoms with Crippen LogP contribution in [0.15, 0.2) is 29.2 Å². The summed E-state index contributed by atoms with van der Waals surface area (Å²) in [6, 6.07) is 9.16. The van der Waals surface area contributed by atoms with Crippen molar-refractivity contribution in [2.75, 3.05) is 31.1 Å². The van der Waals surface area contributed by atoms with Crippen molar-refractivity contribution in [2.24, 2.45) is 0 Å². The van der Waals surface area contributed by atoms with Gasteiger partial charge in [-0.1, -0.05) is 25.3 Å². The molecule has 0 bridgehead atoms. The van der Waals surface area contributed by atoms with Crippen molar-refractivity contribution in [1.82, 2.24) is 5.32 Å². The Balaban J connectivity index is 1.64. The number of hydrogen-bond acceptors (Lipinski definition) is 3. The van der Waals surface area contributed by atoms with Gasteiger partial charge in [0.1, 0.15) is 0 Å². The normalized spacial score (nSPS) is 21.6. The molecule has 0 unspecified atom stereocenters. The van der Waals surface area contributed by atoms with Crippen LogP contribution in [0.5, 0.6) is 0 Å². The maximum Gasteiger partial charge on any atom is 0.0378 e. The highest BCUT2D eigenvalue weighted by molar-refractivity contribution is 8.00. The van der Waals surface area contributed by atoms with Gasteiger partial charge in [-0.2, -0.15) is 0 Å². The van der Waals surface area contributed by atoms with E-state index in [1.807, 2.05) is 0 Å². The quantitative estimate of drug-likeness (QED) is 0.909. The Hall–Kier alpha value is -0.670. The third kappa shape index (κ3) is 3.67. The number of benzene rings is 1. The number of nitrogens with one attached hydrogen (secondary N) is 1. The zero-order valence-corrected chi connectivity index (χ0v) is 12.4. The predicted molar refractivity (Wildman–Crippen MR) is 84.3 cm³/mol. The summed E-state index contributed by atoms with van der Waals surface area (Å²) in [6.45, 7) is 4.50. The number of nitrogens with zero attached hydrogens (tertiary/aromatic N) is 1. The Labute approximate surface area is 121 Å². The molecule has 1 saturated carbocycles. The lowest BCUT2D eigenvalue weighted by molar-refractivity contribution is 0.516. The van der Waals surface area contributed by atoms with E-state index in [4.69, 9.17) is 0 Å². The molecular formula is C16H24N2S. The average molecular weight is 276 g/mol. The second-order valence-corrected chi connectivity index (χ2v) is 6.99. The molecule has 3 rings (SSSR count). The molecule has 0 aromatic heterocycles. The number of hydrogen-bond donors (Lipinski definition) is 1. The maximum absolute atomic E-state index is 3.42. The number of rotatable bonds is 3. The molecule has 0 spiro atoms. The van der Waals surface area contributed by atoms with E-state index in [2.05, 4.69) is 46.2 Å². The summed E-state index contributed by atoms with van der Waals surface area (Å²) in [4.78, 5) is 3.96. The molecule has 1 saturated heterocycles. The number of thioether (sulfide) groups is 1. The Morgan fingerprint density at radius 3 is 2.63 bits per heavy atom. The van der Waals surface area contributed by atoms with Crippen LogP contribution in [-0.2, 0) is 0 Å². The van der Waals surface area contributed by atoms with Gasteiger partial charge in [0.25, 0.3) is 0 Å². The van der Waals surface area contributed by atoms with Crippen molar-refractivity contribution < 1.29 is 0 Å². The van der Waals surface area contributed by atoms with Crippen molar-refractivity contribution in [2.45, 2.75) is 42.2 Å². The lowest BCUT2D eigenvalue weighted by atomic mass is 10.0. The van der Waals surface area contributed by atoms with Crippen LogP contribution < -0.4 is 10.2 Å². The standard InChI is InChI=1S/C16H24N2S/c1-2-6-15(7-3-1)19-16-8-4-5-14(13-16)18-11-9-17-10-12-18/h4-5,8,13,15,17H,1-3,6-7,9-12H2. The molecule has 2 nitrogen and oxygen atoms in total. The van der Waals surface area contributed by atoms with Crippen LogP contribution in [0.1, 0.15) is 32.1 Å². The zero-order valence-electron chi connectivity index (χ0n) is 11.6. The Morgan fingerprint density at radius 1 is 1.05 bits per heavy atom. The average Bonchev–Trinajstić information content (AvgIpc) is 2.49. The van der Waals surface area contributed by atoms with Crippen molar-refractivity contribution in [3.05, 3.63) is 24.3 Å². The first-order valence-electron chi connectivity index (χ1n) is 7.64. The van der Waals surface area contributed by atoms with Crippen LogP contribution in [0.4, 0.5) is 5.69 Å². The predicted octanol–water partition coefficient (Wildman–Crippen LogP) is 3.52. The summed E-state index contributed by atoms with van der Waals surface area (Å²) in [7, 11) is 0.